The molecule has 3 aromatic rings. The first-order valence-corrected chi connectivity index (χ1v) is 13.2. The number of hydrazone groups is 1. The van der Waals surface area contributed by atoms with Crippen molar-refractivity contribution >= 4 is 46.1 Å². The van der Waals surface area contributed by atoms with Gasteiger partial charge in [-0.1, -0.05) is 54.7 Å². The maximum absolute atomic E-state index is 14.6. The summed E-state index contributed by atoms with van der Waals surface area (Å²) in [6.45, 7) is 4.21. The van der Waals surface area contributed by atoms with E-state index in [1.165, 1.54) is 5.01 Å². The van der Waals surface area contributed by atoms with Crippen LogP contribution in [0, 0.1) is 5.41 Å². The van der Waals surface area contributed by atoms with Crippen LogP contribution < -0.4 is 24.7 Å². The molecule has 3 atom stereocenters. The van der Waals surface area contributed by atoms with Crippen LogP contribution in [0.25, 0.3) is 0 Å². The molecule has 198 valence electrons. The van der Waals surface area contributed by atoms with Crippen molar-refractivity contribution in [3.63, 3.8) is 0 Å². The molecule has 3 aliphatic rings. The molecular weight excluding hydrogens is 512 g/mol. The predicted molar refractivity (Wildman–Crippen MR) is 154 cm³/mol. The summed E-state index contributed by atoms with van der Waals surface area (Å²) in [5.41, 5.74) is 0.684. The summed E-state index contributed by atoms with van der Waals surface area (Å²) in [4.78, 5) is 31.2. The van der Waals surface area contributed by atoms with E-state index in [1.54, 1.807) is 25.2 Å². The molecule has 0 radical (unpaired) electrons. The number of para-hydroxylation sites is 2. The monoisotopic (exact) mass is 540 g/mol. The maximum atomic E-state index is 14.6. The van der Waals surface area contributed by atoms with Gasteiger partial charge in [-0.3, -0.25) is 9.59 Å². The lowest BCUT2D eigenvalue weighted by atomic mass is 9.62. The number of hydrogen-bond donors (Lipinski definition) is 1. The molecule has 3 heterocycles. The fourth-order valence-electron chi connectivity index (χ4n) is 6.47. The first kappa shape index (κ1) is 25.1. The number of nitrogens with one attached hydrogen (secondary N) is 1. The first-order chi connectivity index (χ1) is 18.9. The van der Waals surface area contributed by atoms with E-state index in [-0.39, 0.29) is 16.8 Å². The Morgan fingerprint density at radius 2 is 1.64 bits per heavy atom. The second-order valence-electron chi connectivity index (χ2n) is 9.82. The van der Waals surface area contributed by atoms with Crippen LogP contribution >= 0.6 is 12.2 Å². The molecule has 8 nitrogen and oxygen atoms in total. The highest BCUT2D eigenvalue weighted by atomic mass is 32.1. The first-order valence-electron chi connectivity index (χ1n) is 12.8. The molecule has 9 heteroatoms. The van der Waals surface area contributed by atoms with Gasteiger partial charge in [-0.15, -0.1) is 0 Å². The van der Waals surface area contributed by atoms with Gasteiger partial charge < -0.3 is 19.7 Å². The van der Waals surface area contributed by atoms with Gasteiger partial charge in [-0.05, 0) is 49.7 Å². The predicted octanol–water partition coefficient (Wildman–Crippen LogP) is 4.39. The minimum absolute atomic E-state index is 0.163. The summed E-state index contributed by atoms with van der Waals surface area (Å²) >= 11 is 6.04. The third kappa shape index (κ3) is 3.10. The summed E-state index contributed by atoms with van der Waals surface area (Å²) in [6, 6.07) is 22.4. The van der Waals surface area contributed by atoms with Crippen LogP contribution in [0.4, 0.5) is 11.4 Å². The van der Waals surface area contributed by atoms with Crippen LogP contribution in [-0.2, 0) is 15.1 Å². The Bertz CT molecular complexity index is 1560. The number of hydrogen-bond acceptors (Lipinski definition) is 6. The number of carbonyl (C=O) groups excluding carboxylic acids is 2. The van der Waals surface area contributed by atoms with Gasteiger partial charge in [0.05, 0.1) is 30.6 Å². The minimum Gasteiger partial charge on any atom is -0.493 e. The number of likely N-dealkylation sites (N-methyl/N-ethyl adjacent to an activating group) is 1. The van der Waals surface area contributed by atoms with Gasteiger partial charge in [0, 0.05) is 23.7 Å². The number of carbonyl (C=O) groups is 2. The lowest BCUT2D eigenvalue weighted by molar-refractivity contribution is -0.126. The zero-order chi connectivity index (χ0) is 27.5. The Morgan fingerprint density at radius 1 is 0.949 bits per heavy atom. The van der Waals surface area contributed by atoms with E-state index in [0.717, 1.165) is 11.3 Å². The highest BCUT2D eigenvalue weighted by Crippen LogP contribution is 2.62. The average molecular weight is 541 g/mol. The van der Waals surface area contributed by atoms with Gasteiger partial charge in [0.2, 0.25) is 0 Å². The molecule has 0 saturated carbocycles. The van der Waals surface area contributed by atoms with E-state index >= 15 is 0 Å². The van der Waals surface area contributed by atoms with E-state index in [0.29, 0.717) is 35.0 Å². The van der Waals surface area contributed by atoms with Gasteiger partial charge >= 0.3 is 0 Å². The van der Waals surface area contributed by atoms with Gasteiger partial charge in [-0.25, -0.2) is 0 Å². The smallest absolute Gasteiger partial charge is 0.267 e. The highest BCUT2D eigenvalue weighted by Gasteiger charge is 2.74. The number of anilines is 2. The van der Waals surface area contributed by atoms with Crippen LogP contribution in [0.3, 0.4) is 0 Å². The van der Waals surface area contributed by atoms with Gasteiger partial charge in [-0.2, -0.15) is 10.1 Å². The molecule has 1 fully saturated rings. The molecule has 1 saturated heterocycles. The Balaban J connectivity index is 1.65. The molecule has 2 amide bonds. The summed E-state index contributed by atoms with van der Waals surface area (Å²) in [7, 11) is 3.13. The zero-order valence-electron chi connectivity index (χ0n) is 22.1. The standard InChI is InChI=1S/C30H28N4O4S/c1-5-33-22-14-10-9-13-21(22)30(28(33)36)25(19-15-16-23(37-3)24(17-19)38-4)29(26(39)31-30)18(2)32-34(27(29)35)20-11-7-6-8-12-20/h6-17,25H,5H2,1-4H3,(H,31,39)/t25-,29-,30+/m1/s1. The van der Waals surface area contributed by atoms with Gasteiger partial charge in [0.15, 0.2) is 22.5 Å². The Hall–Kier alpha value is -4.24. The Morgan fingerprint density at radius 3 is 2.33 bits per heavy atom. The largest absolute Gasteiger partial charge is 0.493 e. The number of fused-ring (bicyclic) bond motifs is 2. The number of amides is 2. The average Bonchev–Trinajstić information content (AvgIpc) is 3.50. The number of methoxy groups -OCH3 is 2. The van der Waals surface area contributed by atoms with Crippen molar-refractivity contribution in [2.45, 2.75) is 25.3 Å². The maximum Gasteiger partial charge on any atom is 0.267 e. The van der Waals surface area contributed by atoms with Crippen LogP contribution in [-0.4, -0.2) is 43.3 Å². The van der Waals surface area contributed by atoms with Crippen molar-refractivity contribution in [1.29, 1.82) is 0 Å². The summed E-state index contributed by atoms with van der Waals surface area (Å²) in [5, 5.41) is 9.57. The summed E-state index contributed by atoms with van der Waals surface area (Å²) in [6.07, 6.45) is 0. The lowest BCUT2D eigenvalue weighted by Crippen LogP contribution is -2.52. The Kier molecular flexibility index (Phi) is 5.73. The molecule has 0 bridgehead atoms. The second-order valence-corrected chi connectivity index (χ2v) is 10.2. The SMILES string of the molecule is CCN1C(=O)[C@]2(NC(=S)[C@]3(C(=O)N(c4ccccc4)N=C3C)[C@H]2c2ccc(OC)c(OC)c2)c2ccccc21. The number of thiocarbonyl (C=S) groups is 1. The molecule has 0 aliphatic carbocycles. The molecule has 3 aromatic carbocycles. The summed E-state index contributed by atoms with van der Waals surface area (Å²) in [5.74, 6) is -0.193. The fraction of sp³-hybridized carbons (Fsp3) is 0.267. The fourth-order valence-corrected chi connectivity index (χ4v) is 6.98. The van der Waals surface area contributed by atoms with Crippen LogP contribution in [0.5, 0.6) is 11.5 Å². The minimum atomic E-state index is -1.41. The third-order valence-electron chi connectivity index (χ3n) is 8.15. The van der Waals surface area contributed by atoms with Crippen molar-refractivity contribution < 1.29 is 19.1 Å². The van der Waals surface area contributed by atoms with Crippen molar-refractivity contribution in [1.82, 2.24) is 5.32 Å². The van der Waals surface area contributed by atoms with E-state index in [4.69, 9.17) is 26.8 Å². The summed E-state index contributed by atoms with van der Waals surface area (Å²) < 4.78 is 11.1. The number of rotatable bonds is 5. The third-order valence-corrected chi connectivity index (χ3v) is 8.57. The number of benzene rings is 3. The molecule has 6 rings (SSSR count). The molecule has 0 aromatic heterocycles. The van der Waals surface area contributed by atoms with E-state index < -0.39 is 16.9 Å². The molecule has 2 spiro atoms. The van der Waals surface area contributed by atoms with Crippen LogP contribution in [0.1, 0.15) is 30.9 Å². The quantitative estimate of drug-likeness (QED) is 0.484. The van der Waals surface area contributed by atoms with E-state index in [2.05, 4.69) is 5.32 Å². The van der Waals surface area contributed by atoms with Crippen molar-refractivity contribution in [2.24, 2.45) is 10.5 Å². The van der Waals surface area contributed by atoms with Gasteiger partial charge in [0.1, 0.15) is 0 Å². The number of nitrogens with zero attached hydrogens (tertiary/aromatic N) is 3. The molecule has 0 unspecified atom stereocenters. The van der Waals surface area contributed by atoms with E-state index in [9.17, 15) is 9.59 Å². The van der Waals surface area contributed by atoms with Crippen LogP contribution in [0.2, 0.25) is 0 Å². The van der Waals surface area contributed by atoms with Crippen LogP contribution in [0.15, 0.2) is 77.9 Å². The normalized spacial score (nSPS) is 25.4. The van der Waals surface area contributed by atoms with Crippen molar-refractivity contribution in [2.75, 3.05) is 30.7 Å². The zero-order valence-corrected chi connectivity index (χ0v) is 22.9. The van der Waals surface area contributed by atoms with Gasteiger partial charge in [0.25, 0.3) is 11.8 Å². The van der Waals surface area contributed by atoms with E-state index in [1.807, 2.05) is 80.6 Å². The molecular formula is C30H28N4O4S. The topological polar surface area (TPSA) is 83.5 Å². The molecule has 3 aliphatic heterocycles. The second kappa shape index (κ2) is 8.91. The van der Waals surface area contributed by atoms with Crippen molar-refractivity contribution in [3.05, 3.63) is 83.9 Å². The van der Waals surface area contributed by atoms with Crippen molar-refractivity contribution in [3.8, 4) is 11.5 Å². The lowest BCUT2D eigenvalue weighted by Gasteiger charge is -2.36. The Labute approximate surface area is 232 Å². The molecule has 39 heavy (non-hydrogen) atoms. The highest BCUT2D eigenvalue weighted by molar-refractivity contribution is 7.80. The number of ether oxygens (including phenoxy) is 2. The molecule has 1 N–H and O–H groups in total.